The van der Waals surface area contributed by atoms with Crippen LogP contribution in [0.3, 0.4) is 0 Å². The largest absolute Gasteiger partial charge is 0.320 e. The summed E-state index contributed by atoms with van der Waals surface area (Å²) in [5.74, 6) is -3.35. The van der Waals surface area contributed by atoms with Crippen LogP contribution < -0.4 is 5.32 Å². The number of carbonyl (C=O) groups is 1. The van der Waals surface area contributed by atoms with Crippen LogP contribution in [0.15, 0.2) is 35.2 Å². The molecule has 0 saturated carbocycles. The molecule has 0 aliphatic carbocycles. The molecule has 0 atom stereocenters. The third-order valence-electron chi connectivity index (χ3n) is 2.45. The summed E-state index contributed by atoms with van der Waals surface area (Å²) in [7, 11) is 0. The molecule has 1 heterocycles. The van der Waals surface area contributed by atoms with Crippen molar-refractivity contribution in [2.45, 2.75) is 10.7 Å². The summed E-state index contributed by atoms with van der Waals surface area (Å²) in [5.41, 5.74) is 0.0304. The van der Waals surface area contributed by atoms with Crippen molar-refractivity contribution in [3.05, 3.63) is 51.2 Å². The number of pyridine rings is 1. The first-order valence-electron chi connectivity index (χ1n) is 5.75. The van der Waals surface area contributed by atoms with Crippen LogP contribution in [0.1, 0.15) is 10.5 Å². The molecule has 9 heteroatoms. The third-order valence-corrected chi connectivity index (χ3v) is 4.25. The van der Waals surface area contributed by atoms with Gasteiger partial charge in [-0.15, -0.1) is 0 Å². The molecule has 0 bridgehead atoms. The number of nitrogens with zero attached hydrogens (tertiary/aromatic N) is 1. The van der Waals surface area contributed by atoms with Gasteiger partial charge in [-0.2, -0.15) is 8.78 Å². The lowest BCUT2D eigenvalue weighted by molar-refractivity contribution is 0.102. The van der Waals surface area contributed by atoms with E-state index in [4.69, 9.17) is 34.8 Å². The lowest BCUT2D eigenvalue weighted by Gasteiger charge is -2.12. The third kappa shape index (κ3) is 4.23. The average molecular weight is 384 g/mol. The number of thioether (sulfide) groups is 1. The summed E-state index contributed by atoms with van der Waals surface area (Å²) >= 11 is 17.7. The van der Waals surface area contributed by atoms with Crippen LogP contribution in [0.25, 0.3) is 0 Å². The van der Waals surface area contributed by atoms with E-state index in [0.29, 0.717) is 0 Å². The summed E-state index contributed by atoms with van der Waals surface area (Å²) in [6.45, 7) is 0. The molecule has 0 unspecified atom stereocenters. The highest BCUT2D eigenvalue weighted by atomic mass is 35.5. The highest BCUT2D eigenvalue weighted by Gasteiger charge is 2.18. The van der Waals surface area contributed by atoms with Gasteiger partial charge in [-0.25, -0.2) is 4.98 Å². The van der Waals surface area contributed by atoms with E-state index in [-0.39, 0.29) is 43.2 Å². The van der Waals surface area contributed by atoms with E-state index in [2.05, 4.69) is 10.3 Å². The van der Waals surface area contributed by atoms with Crippen LogP contribution in [0.4, 0.5) is 14.5 Å². The predicted molar refractivity (Wildman–Crippen MR) is 85.5 cm³/mol. The molecule has 0 spiro atoms. The van der Waals surface area contributed by atoms with E-state index in [9.17, 15) is 13.6 Å². The molecule has 1 aromatic heterocycles. The standard InChI is InChI=1S/C13H7Cl3F2N2OS/c14-6-4-5-9(16)20-10(6)12(21)19-8-3-1-2-7(15)11(8)22-13(17)18/h1-5,13H,(H,19,21). The van der Waals surface area contributed by atoms with Crippen molar-refractivity contribution in [2.24, 2.45) is 0 Å². The van der Waals surface area contributed by atoms with Gasteiger partial charge in [0.25, 0.3) is 11.7 Å². The zero-order valence-electron chi connectivity index (χ0n) is 10.6. The molecule has 0 aliphatic rings. The van der Waals surface area contributed by atoms with Gasteiger partial charge in [0.1, 0.15) is 10.8 Å². The molecule has 3 nitrogen and oxygen atoms in total. The Labute approximate surface area is 144 Å². The van der Waals surface area contributed by atoms with Crippen LogP contribution in [-0.2, 0) is 0 Å². The SMILES string of the molecule is O=C(Nc1cccc(Cl)c1SC(F)F)c1nc(Cl)ccc1Cl. The molecule has 0 radical (unpaired) electrons. The smallest absolute Gasteiger partial charge is 0.289 e. The molecule has 0 saturated heterocycles. The van der Waals surface area contributed by atoms with Gasteiger partial charge in [0.2, 0.25) is 0 Å². The summed E-state index contributed by atoms with van der Waals surface area (Å²) in [4.78, 5) is 16.1. The second-order valence-corrected chi connectivity index (χ2v) is 6.12. The Hall–Kier alpha value is -1.08. The number of rotatable bonds is 4. The number of alkyl halides is 2. The Kier molecular flexibility index (Phi) is 5.86. The molecule has 1 aromatic carbocycles. The van der Waals surface area contributed by atoms with Crippen LogP contribution in [0.5, 0.6) is 0 Å². The number of amides is 1. The van der Waals surface area contributed by atoms with Crippen molar-refractivity contribution < 1.29 is 13.6 Å². The molecule has 2 aromatic rings. The summed E-state index contributed by atoms with van der Waals surface area (Å²) in [5, 5.41) is 2.74. The quantitative estimate of drug-likeness (QED) is 0.551. The Bertz CT molecular complexity index is 716. The van der Waals surface area contributed by atoms with E-state index < -0.39 is 11.7 Å². The summed E-state index contributed by atoms with van der Waals surface area (Å²) in [6.07, 6.45) is 0. The number of anilines is 1. The van der Waals surface area contributed by atoms with E-state index >= 15 is 0 Å². The van der Waals surface area contributed by atoms with Crippen LogP contribution in [0, 0.1) is 0 Å². The second kappa shape index (κ2) is 7.46. The highest BCUT2D eigenvalue weighted by molar-refractivity contribution is 7.99. The zero-order chi connectivity index (χ0) is 16.3. The van der Waals surface area contributed by atoms with E-state index in [0.717, 1.165) is 0 Å². The van der Waals surface area contributed by atoms with Crippen LogP contribution in [-0.4, -0.2) is 16.6 Å². The first-order valence-corrected chi connectivity index (χ1v) is 7.76. The fourth-order valence-electron chi connectivity index (χ4n) is 1.58. The van der Waals surface area contributed by atoms with Crippen LogP contribution >= 0.6 is 46.6 Å². The number of hydrogen-bond donors (Lipinski definition) is 1. The fraction of sp³-hybridized carbons (Fsp3) is 0.0769. The average Bonchev–Trinajstić information content (AvgIpc) is 2.45. The van der Waals surface area contributed by atoms with Gasteiger partial charge in [-0.1, -0.05) is 52.6 Å². The maximum atomic E-state index is 12.6. The Balaban J connectivity index is 2.32. The minimum absolute atomic E-state index is 0.0608. The predicted octanol–water partition coefficient (Wildman–Crippen LogP) is 5.61. The Morgan fingerprint density at radius 2 is 1.86 bits per heavy atom. The number of benzene rings is 1. The molecule has 0 aliphatic heterocycles. The minimum atomic E-state index is -2.68. The minimum Gasteiger partial charge on any atom is -0.320 e. The Morgan fingerprint density at radius 3 is 2.55 bits per heavy atom. The van der Waals surface area contributed by atoms with E-state index in [1.165, 1.54) is 30.3 Å². The number of nitrogens with one attached hydrogen (secondary N) is 1. The van der Waals surface area contributed by atoms with Gasteiger partial charge >= 0.3 is 0 Å². The van der Waals surface area contributed by atoms with Crippen molar-refractivity contribution in [3.8, 4) is 0 Å². The number of hydrogen-bond acceptors (Lipinski definition) is 3. The van der Waals surface area contributed by atoms with Gasteiger partial charge in [0.05, 0.1) is 20.6 Å². The zero-order valence-corrected chi connectivity index (χ0v) is 13.7. The molecular formula is C13H7Cl3F2N2OS. The second-order valence-electron chi connectivity index (χ2n) is 3.91. The monoisotopic (exact) mass is 382 g/mol. The molecule has 1 N–H and O–H groups in total. The number of carbonyl (C=O) groups excluding carboxylic acids is 1. The van der Waals surface area contributed by atoms with E-state index in [1.54, 1.807) is 0 Å². The topological polar surface area (TPSA) is 42.0 Å². The molecule has 0 fully saturated rings. The maximum absolute atomic E-state index is 12.6. The highest BCUT2D eigenvalue weighted by Crippen LogP contribution is 2.37. The van der Waals surface area contributed by atoms with Crippen molar-refractivity contribution in [1.29, 1.82) is 0 Å². The fourth-order valence-corrected chi connectivity index (χ4v) is 2.83. The lowest BCUT2D eigenvalue weighted by atomic mass is 10.3. The molecule has 1 amide bonds. The lowest BCUT2D eigenvalue weighted by Crippen LogP contribution is -2.15. The normalized spacial score (nSPS) is 10.8. The van der Waals surface area contributed by atoms with Gasteiger partial charge in [-0.3, -0.25) is 4.79 Å². The first-order chi connectivity index (χ1) is 10.4. The Morgan fingerprint density at radius 1 is 1.14 bits per heavy atom. The summed E-state index contributed by atoms with van der Waals surface area (Å²) < 4.78 is 25.2. The van der Waals surface area contributed by atoms with Gasteiger partial charge < -0.3 is 5.32 Å². The number of aromatic nitrogens is 1. The van der Waals surface area contributed by atoms with Gasteiger partial charge in [0.15, 0.2) is 0 Å². The van der Waals surface area contributed by atoms with E-state index in [1.807, 2.05) is 0 Å². The molecule has 2 rings (SSSR count). The van der Waals surface area contributed by atoms with Gasteiger partial charge in [0, 0.05) is 0 Å². The van der Waals surface area contributed by atoms with Crippen LogP contribution in [0.2, 0.25) is 15.2 Å². The molecular weight excluding hydrogens is 377 g/mol. The summed E-state index contributed by atoms with van der Waals surface area (Å²) in [6, 6.07) is 7.27. The maximum Gasteiger partial charge on any atom is 0.289 e. The first kappa shape index (κ1) is 17.3. The van der Waals surface area contributed by atoms with Gasteiger partial charge in [-0.05, 0) is 24.3 Å². The van der Waals surface area contributed by atoms with Crippen molar-refractivity contribution in [1.82, 2.24) is 4.98 Å². The molecule has 116 valence electrons. The number of halogens is 5. The van der Waals surface area contributed by atoms with Crippen molar-refractivity contribution >= 4 is 58.2 Å². The van der Waals surface area contributed by atoms with Crippen molar-refractivity contribution in [2.75, 3.05) is 5.32 Å². The molecule has 22 heavy (non-hydrogen) atoms. The van der Waals surface area contributed by atoms with Crippen molar-refractivity contribution in [3.63, 3.8) is 0 Å².